The van der Waals surface area contributed by atoms with Gasteiger partial charge in [0, 0.05) is 26.3 Å². The van der Waals surface area contributed by atoms with E-state index in [1.807, 2.05) is 4.90 Å². The minimum atomic E-state index is -0.218. The summed E-state index contributed by atoms with van der Waals surface area (Å²) in [6.07, 6.45) is 4.00. The van der Waals surface area contributed by atoms with Crippen LogP contribution < -0.4 is 0 Å². The molecule has 1 amide bonds. The van der Waals surface area contributed by atoms with Gasteiger partial charge in [-0.25, -0.2) is 4.39 Å². The number of hydrogen-bond donors (Lipinski definition) is 0. The van der Waals surface area contributed by atoms with Gasteiger partial charge in [-0.3, -0.25) is 4.79 Å². The lowest BCUT2D eigenvalue weighted by atomic mass is 9.93. The molecule has 0 radical (unpaired) electrons. The zero-order chi connectivity index (χ0) is 16.8. The van der Waals surface area contributed by atoms with Crippen LogP contribution in [0.2, 0.25) is 0 Å². The van der Waals surface area contributed by atoms with E-state index >= 15 is 0 Å². The van der Waals surface area contributed by atoms with Gasteiger partial charge in [0.15, 0.2) is 0 Å². The van der Waals surface area contributed by atoms with Crippen molar-refractivity contribution in [3.05, 3.63) is 35.6 Å². The third kappa shape index (κ3) is 4.77. The monoisotopic (exact) mass is 335 g/mol. The number of rotatable bonds is 6. The number of hydrogen-bond acceptors (Lipinski definition) is 3. The van der Waals surface area contributed by atoms with E-state index < -0.39 is 0 Å². The molecule has 132 valence electrons. The number of carbonyl (C=O) groups excluding carboxylic acids is 1. The van der Waals surface area contributed by atoms with Gasteiger partial charge >= 0.3 is 0 Å². The van der Waals surface area contributed by atoms with Crippen molar-refractivity contribution < 1.29 is 18.7 Å². The second-order valence-electron chi connectivity index (χ2n) is 6.80. The molecule has 3 rings (SSSR count). The summed E-state index contributed by atoms with van der Waals surface area (Å²) in [6, 6.07) is 6.43. The lowest BCUT2D eigenvalue weighted by molar-refractivity contribution is -0.137. The molecule has 2 heterocycles. The number of ether oxygens (including phenoxy) is 2. The van der Waals surface area contributed by atoms with Crippen LogP contribution >= 0.6 is 0 Å². The van der Waals surface area contributed by atoms with Crippen LogP contribution in [0.4, 0.5) is 4.39 Å². The second-order valence-corrected chi connectivity index (χ2v) is 6.80. The van der Waals surface area contributed by atoms with E-state index in [4.69, 9.17) is 9.47 Å². The number of likely N-dealkylation sites (tertiary alicyclic amines) is 1. The lowest BCUT2D eigenvalue weighted by Gasteiger charge is -2.33. The Balaban J connectivity index is 1.31. The molecule has 24 heavy (non-hydrogen) atoms. The Hall–Kier alpha value is -1.46. The van der Waals surface area contributed by atoms with E-state index in [1.54, 1.807) is 12.1 Å². The van der Waals surface area contributed by atoms with Gasteiger partial charge in [-0.05, 0) is 49.3 Å². The SMILES string of the molecule is O=C(C1CCOC1)N1CCC(CCOCc2ccc(F)cc2)CC1. The van der Waals surface area contributed by atoms with Crippen LogP contribution in [0, 0.1) is 17.7 Å². The van der Waals surface area contributed by atoms with Crippen LogP contribution in [0.15, 0.2) is 24.3 Å². The number of carbonyl (C=O) groups is 1. The summed E-state index contributed by atoms with van der Waals surface area (Å²) in [7, 11) is 0. The molecular weight excluding hydrogens is 309 g/mol. The number of nitrogens with zero attached hydrogens (tertiary/aromatic N) is 1. The van der Waals surface area contributed by atoms with Crippen LogP contribution in [-0.4, -0.2) is 43.7 Å². The van der Waals surface area contributed by atoms with E-state index in [-0.39, 0.29) is 17.6 Å². The fourth-order valence-corrected chi connectivity index (χ4v) is 3.45. The predicted molar refractivity (Wildman–Crippen MR) is 88.9 cm³/mol. The van der Waals surface area contributed by atoms with E-state index in [0.29, 0.717) is 25.7 Å². The van der Waals surface area contributed by atoms with Crippen molar-refractivity contribution in [1.82, 2.24) is 4.90 Å². The first-order valence-electron chi connectivity index (χ1n) is 8.91. The van der Waals surface area contributed by atoms with E-state index in [1.165, 1.54) is 12.1 Å². The minimum Gasteiger partial charge on any atom is -0.381 e. The predicted octanol–water partition coefficient (Wildman–Crippen LogP) is 3.01. The Morgan fingerprint density at radius 2 is 1.96 bits per heavy atom. The first kappa shape index (κ1) is 17.4. The van der Waals surface area contributed by atoms with Gasteiger partial charge in [0.25, 0.3) is 0 Å². The van der Waals surface area contributed by atoms with Crippen LogP contribution in [0.3, 0.4) is 0 Å². The molecule has 0 N–H and O–H groups in total. The zero-order valence-corrected chi connectivity index (χ0v) is 14.1. The normalized spacial score (nSPS) is 22.0. The molecule has 0 bridgehead atoms. The van der Waals surface area contributed by atoms with Gasteiger partial charge < -0.3 is 14.4 Å². The maximum absolute atomic E-state index is 12.8. The van der Waals surface area contributed by atoms with Gasteiger partial charge in [-0.2, -0.15) is 0 Å². The molecule has 0 aromatic heterocycles. The van der Waals surface area contributed by atoms with Gasteiger partial charge in [-0.1, -0.05) is 12.1 Å². The first-order chi connectivity index (χ1) is 11.7. The summed E-state index contributed by atoms with van der Waals surface area (Å²) in [6.45, 7) is 4.27. The molecule has 0 saturated carbocycles. The van der Waals surface area contributed by atoms with Gasteiger partial charge in [0.05, 0.1) is 19.1 Å². The van der Waals surface area contributed by atoms with Crippen LogP contribution in [0.1, 0.15) is 31.2 Å². The standard InChI is InChI=1S/C19H26FNO3/c20-18-3-1-16(2-4-18)13-23-11-7-15-5-9-21(10-6-15)19(22)17-8-12-24-14-17/h1-4,15,17H,5-14H2. The fraction of sp³-hybridized carbons (Fsp3) is 0.632. The van der Waals surface area contributed by atoms with Gasteiger partial charge in [-0.15, -0.1) is 0 Å². The first-order valence-corrected chi connectivity index (χ1v) is 8.91. The third-order valence-corrected chi connectivity index (χ3v) is 5.06. The molecule has 2 fully saturated rings. The Morgan fingerprint density at radius 1 is 1.21 bits per heavy atom. The Kier molecular flexibility index (Phi) is 6.21. The number of piperidine rings is 1. The minimum absolute atomic E-state index is 0.0839. The summed E-state index contributed by atoms with van der Waals surface area (Å²) in [5, 5.41) is 0. The smallest absolute Gasteiger partial charge is 0.228 e. The summed E-state index contributed by atoms with van der Waals surface area (Å²) < 4.78 is 23.8. The molecule has 1 aromatic rings. The van der Waals surface area contributed by atoms with Crippen molar-refractivity contribution in [1.29, 1.82) is 0 Å². The molecule has 5 heteroatoms. The maximum Gasteiger partial charge on any atom is 0.228 e. The Morgan fingerprint density at radius 3 is 2.62 bits per heavy atom. The molecule has 2 aliphatic heterocycles. The Bertz CT molecular complexity index is 520. The average Bonchev–Trinajstić information content (AvgIpc) is 3.15. The molecule has 4 nitrogen and oxygen atoms in total. The zero-order valence-electron chi connectivity index (χ0n) is 14.1. The highest BCUT2D eigenvalue weighted by Gasteiger charge is 2.30. The molecule has 1 unspecified atom stereocenters. The van der Waals surface area contributed by atoms with Crippen molar-refractivity contribution >= 4 is 5.91 Å². The molecule has 1 aromatic carbocycles. The highest BCUT2D eigenvalue weighted by atomic mass is 19.1. The van der Waals surface area contributed by atoms with Crippen LogP contribution in [-0.2, 0) is 20.9 Å². The summed E-state index contributed by atoms with van der Waals surface area (Å²) >= 11 is 0. The van der Waals surface area contributed by atoms with Gasteiger partial charge in [0.2, 0.25) is 5.91 Å². The van der Waals surface area contributed by atoms with E-state index in [2.05, 4.69) is 0 Å². The van der Waals surface area contributed by atoms with Crippen LogP contribution in [0.5, 0.6) is 0 Å². The summed E-state index contributed by atoms with van der Waals surface area (Å²) in [4.78, 5) is 14.4. The topological polar surface area (TPSA) is 38.8 Å². The average molecular weight is 335 g/mol. The summed E-state index contributed by atoms with van der Waals surface area (Å²) in [5.74, 6) is 0.769. The van der Waals surface area contributed by atoms with E-state index in [9.17, 15) is 9.18 Å². The molecule has 1 atom stereocenters. The molecule has 0 spiro atoms. The molecule has 2 saturated heterocycles. The largest absolute Gasteiger partial charge is 0.381 e. The number of benzene rings is 1. The van der Waals surface area contributed by atoms with Crippen molar-refractivity contribution in [3.63, 3.8) is 0 Å². The van der Waals surface area contributed by atoms with E-state index in [0.717, 1.165) is 50.9 Å². The quantitative estimate of drug-likeness (QED) is 0.750. The van der Waals surface area contributed by atoms with Gasteiger partial charge in [0.1, 0.15) is 5.82 Å². The third-order valence-electron chi connectivity index (χ3n) is 5.06. The van der Waals surface area contributed by atoms with Crippen molar-refractivity contribution in [2.45, 2.75) is 32.3 Å². The lowest BCUT2D eigenvalue weighted by Crippen LogP contribution is -2.42. The number of amides is 1. The molecular formula is C19H26FNO3. The Labute approximate surface area is 142 Å². The fourth-order valence-electron chi connectivity index (χ4n) is 3.45. The highest BCUT2D eigenvalue weighted by Crippen LogP contribution is 2.24. The highest BCUT2D eigenvalue weighted by molar-refractivity contribution is 5.79. The molecule has 0 aliphatic carbocycles. The van der Waals surface area contributed by atoms with Crippen LogP contribution in [0.25, 0.3) is 0 Å². The van der Waals surface area contributed by atoms with Crippen molar-refractivity contribution in [3.8, 4) is 0 Å². The molecule has 2 aliphatic rings. The maximum atomic E-state index is 12.8. The van der Waals surface area contributed by atoms with Crippen molar-refractivity contribution in [2.75, 3.05) is 32.9 Å². The van der Waals surface area contributed by atoms with Crippen molar-refractivity contribution in [2.24, 2.45) is 11.8 Å². The number of halogens is 1. The summed E-state index contributed by atoms with van der Waals surface area (Å²) in [5.41, 5.74) is 0.996. The second kappa shape index (κ2) is 8.58.